The van der Waals surface area contributed by atoms with Gasteiger partial charge < -0.3 is 5.32 Å². The number of thioether (sulfide) groups is 1. The molecule has 1 N–H and O–H groups in total. The quantitative estimate of drug-likeness (QED) is 0.730. The average molecular weight is 324 g/mol. The number of aryl methyl sites for hydroxylation is 1. The minimum absolute atomic E-state index is 0.0304. The van der Waals surface area contributed by atoms with E-state index in [1.807, 2.05) is 19.1 Å². The lowest BCUT2D eigenvalue weighted by Crippen LogP contribution is -2.23. The molecule has 0 aliphatic carbocycles. The van der Waals surface area contributed by atoms with Crippen molar-refractivity contribution in [2.45, 2.75) is 24.8 Å². The van der Waals surface area contributed by atoms with Crippen molar-refractivity contribution in [2.24, 2.45) is 0 Å². The SMILES string of the molecule is CCNC(CSc1ccccc1C)c1cc(F)ccc1Cl. The van der Waals surface area contributed by atoms with Gasteiger partial charge >= 0.3 is 0 Å². The molecular weight excluding hydrogens is 305 g/mol. The van der Waals surface area contributed by atoms with Crippen molar-refractivity contribution in [1.29, 1.82) is 0 Å². The Morgan fingerprint density at radius 2 is 2.00 bits per heavy atom. The summed E-state index contributed by atoms with van der Waals surface area (Å²) in [6.07, 6.45) is 0. The molecule has 1 nitrogen and oxygen atoms in total. The maximum Gasteiger partial charge on any atom is 0.123 e. The maximum absolute atomic E-state index is 13.5. The molecule has 0 saturated heterocycles. The summed E-state index contributed by atoms with van der Waals surface area (Å²) in [7, 11) is 0. The topological polar surface area (TPSA) is 12.0 Å². The van der Waals surface area contributed by atoms with E-state index < -0.39 is 0 Å². The summed E-state index contributed by atoms with van der Waals surface area (Å²) in [5.41, 5.74) is 2.07. The van der Waals surface area contributed by atoms with Gasteiger partial charge in [0, 0.05) is 21.7 Å². The van der Waals surface area contributed by atoms with Crippen molar-refractivity contribution in [3.63, 3.8) is 0 Å². The Morgan fingerprint density at radius 3 is 2.71 bits per heavy atom. The standard InChI is InChI=1S/C17H19ClFNS/c1-3-20-16(14-10-13(19)8-9-15(14)18)11-21-17-7-5-4-6-12(17)2/h4-10,16,20H,3,11H2,1-2H3. The highest BCUT2D eigenvalue weighted by molar-refractivity contribution is 7.99. The van der Waals surface area contributed by atoms with Crippen molar-refractivity contribution >= 4 is 23.4 Å². The first-order valence-corrected chi connectivity index (χ1v) is 8.35. The summed E-state index contributed by atoms with van der Waals surface area (Å²) in [5.74, 6) is 0.556. The summed E-state index contributed by atoms with van der Waals surface area (Å²) < 4.78 is 13.5. The fourth-order valence-electron chi connectivity index (χ4n) is 2.18. The van der Waals surface area contributed by atoms with Gasteiger partial charge in [0.2, 0.25) is 0 Å². The van der Waals surface area contributed by atoms with Gasteiger partial charge in [-0.1, -0.05) is 36.7 Å². The van der Waals surface area contributed by atoms with E-state index in [1.54, 1.807) is 17.8 Å². The minimum Gasteiger partial charge on any atom is -0.309 e. The van der Waals surface area contributed by atoms with Gasteiger partial charge in [0.25, 0.3) is 0 Å². The van der Waals surface area contributed by atoms with Gasteiger partial charge in [-0.15, -0.1) is 11.8 Å². The van der Waals surface area contributed by atoms with Gasteiger partial charge in [0.05, 0.1) is 0 Å². The smallest absolute Gasteiger partial charge is 0.123 e. The summed E-state index contributed by atoms with van der Waals surface area (Å²) >= 11 is 7.98. The predicted molar refractivity (Wildman–Crippen MR) is 89.7 cm³/mol. The lowest BCUT2D eigenvalue weighted by molar-refractivity contribution is 0.589. The fourth-order valence-corrected chi connectivity index (χ4v) is 3.54. The van der Waals surface area contributed by atoms with E-state index >= 15 is 0 Å². The van der Waals surface area contributed by atoms with E-state index in [9.17, 15) is 4.39 Å². The average Bonchev–Trinajstić information content (AvgIpc) is 2.48. The molecule has 21 heavy (non-hydrogen) atoms. The Balaban J connectivity index is 2.16. The van der Waals surface area contributed by atoms with Gasteiger partial charge in [-0.2, -0.15) is 0 Å². The first-order valence-electron chi connectivity index (χ1n) is 6.98. The van der Waals surface area contributed by atoms with Gasteiger partial charge in [-0.05, 0) is 48.9 Å². The monoisotopic (exact) mass is 323 g/mol. The second-order valence-electron chi connectivity index (χ2n) is 4.85. The summed E-state index contributed by atoms with van der Waals surface area (Å²) in [4.78, 5) is 1.24. The highest BCUT2D eigenvalue weighted by Crippen LogP contribution is 2.30. The third-order valence-corrected chi connectivity index (χ3v) is 4.90. The Labute approximate surface area is 134 Å². The zero-order chi connectivity index (χ0) is 15.2. The van der Waals surface area contributed by atoms with Gasteiger partial charge in [-0.3, -0.25) is 0 Å². The molecule has 2 aromatic rings. The van der Waals surface area contributed by atoms with Crippen molar-refractivity contribution in [3.05, 3.63) is 64.4 Å². The maximum atomic E-state index is 13.5. The van der Waals surface area contributed by atoms with Crippen LogP contribution in [0.3, 0.4) is 0 Å². The van der Waals surface area contributed by atoms with Crippen molar-refractivity contribution in [1.82, 2.24) is 5.32 Å². The third-order valence-electron chi connectivity index (χ3n) is 3.28. The number of halogens is 2. The van der Waals surface area contributed by atoms with E-state index in [0.717, 1.165) is 17.9 Å². The van der Waals surface area contributed by atoms with Gasteiger partial charge in [0.1, 0.15) is 5.82 Å². The van der Waals surface area contributed by atoms with E-state index in [-0.39, 0.29) is 11.9 Å². The summed E-state index contributed by atoms with van der Waals surface area (Å²) in [5, 5.41) is 3.99. The molecule has 0 saturated carbocycles. The molecule has 1 unspecified atom stereocenters. The molecule has 0 heterocycles. The molecule has 0 bridgehead atoms. The first kappa shape index (κ1) is 16.3. The number of rotatable bonds is 6. The Morgan fingerprint density at radius 1 is 1.24 bits per heavy atom. The third kappa shape index (κ3) is 4.47. The number of nitrogens with one attached hydrogen (secondary N) is 1. The lowest BCUT2D eigenvalue weighted by atomic mass is 10.1. The Hall–Kier alpha value is -1.03. The van der Waals surface area contributed by atoms with Crippen LogP contribution in [0.5, 0.6) is 0 Å². The molecule has 0 aliphatic rings. The number of hydrogen-bond acceptors (Lipinski definition) is 2. The van der Waals surface area contributed by atoms with Crippen molar-refractivity contribution in [3.8, 4) is 0 Å². The zero-order valence-corrected chi connectivity index (χ0v) is 13.8. The first-order chi connectivity index (χ1) is 10.1. The highest BCUT2D eigenvalue weighted by Gasteiger charge is 2.15. The van der Waals surface area contributed by atoms with Crippen LogP contribution >= 0.6 is 23.4 Å². The molecule has 0 fully saturated rings. The molecule has 2 rings (SSSR count). The van der Waals surface area contributed by atoms with Crippen LogP contribution in [0.15, 0.2) is 47.4 Å². The van der Waals surface area contributed by atoms with Crippen LogP contribution in [-0.2, 0) is 0 Å². The molecule has 0 radical (unpaired) electrons. The van der Waals surface area contributed by atoms with Crippen LogP contribution < -0.4 is 5.32 Å². The van der Waals surface area contributed by atoms with Gasteiger partial charge in [-0.25, -0.2) is 4.39 Å². The highest BCUT2D eigenvalue weighted by atomic mass is 35.5. The second kappa shape index (κ2) is 7.83. The molecule has 4 heteroatoms. The Kier molecular flexibility index (Phi) is 6.09. The second-order valence-corrected chi connectivity index (χ2v) is 6.32. The normalized spacial score (nSPS) is 12.4. The van der Waals surface area contributed by atoms with Crippen molar-refractivity contribution < 1.29 is 4.39 Å². The summed E-state index contributed by atoms with van der Waals surface area (Å²) in [6, 6.07) is 12.8. The molecule has 0 amide bonds. The van der Waals surface area contributed by atoms with E-state index in [0.29, 0.717) is 5.02 Å². The number of hydrogen-bond donors (Lipinski definition) is 1. The fraction of sp³-hybridized carbons (Fsp3) is 0.294. The Bertz CT molecular complexity index is 603. The van der Waals surface area contributed by atoms with Crippen LogP contribution in [-0.4, -0.2) is 12.3 Å². The minimum atomic E-state index is -0.252. The lowest BCUT2D eigenvalue weighted by Gasteiger charge is -2.20. The molecule has 0 aliphatic heterocycles. The molecule has 2 aromatic carbocycles. The van der Waals surface area contributed by atoms with E-state index in [4.69, 9.17) is 11.6 Å². The van der Waals surface area contributed by atoms with Crippen LogP contribution in [0.25, 0.3) is 0 Å². The molecule has 0 spiro atoms. The molecule has 112 valence electrons. The molecule has 0 aromatic heterocycles. The number of benzene rings is 2. The summed E-state index contributed by atoms with van der Waals surface area (Å²) in [6.45, 7) is 4.95. The van der Waals surface area contributed by atoms with Crippen LogP contribution in [0, 0.1) is 12.7 Å². The van der Waals surface area contributed by atoms with E-state index in [1.165, 1.54) is 22.6 Å². The van der Waals surface area contributed by atoms with Crippen LogP contribution in [0.1, 0.15) is 24.1 Å². The van der Waals surface area contributed by atoms with Crippen LogP contribution in [0.2, 0.25) is 5.02 Å². The van der Waals surface area contributed by atoms with Crippen LogP contribution in [0.4, 0.5) is 4.39 Å². The van der Waals surface area contributed by atoms with Crippen molar-refractivity contribution in [2.75, 3.05) is 12.3 Å². The molecule has 1 atom stereocenters. The van der Waals surface area contributed by atoms with E-state index in [2.05, 4.69) is 24.4 Å². The predicted octanol–water partition coefficient (Wildman–Crippen LogP) is 5.23. The largest absolute Gasteiger partial charge is 0.309 e. The molecular formula is C17H19ClFNS. The van der Waals surface area contributed by atoms with Gasteiger partial charge in [0.15, 0.2) is 0 Å². The zero-order valence-electron chi connectivity index (χ0n) is 12.2.